The Labute approximate surface area is 200 Å². The minimum Gasteiger partial charge on any atom is -0.480 e. The zero-order valence-electron chi connectivity index (χ0n) is 19.5. The number of H-pyrrole nitrogens is 1. The number of fused-ring (bicyclic) bond motifs is 4. The molecule has 4 aromatic rings. The number of rotatable bonds is 7. The van der Waals surface area contributed by atoms with Gasteiger partial charge in [0.25, 0.3) is 5.91 Å². The topological polar surface area (TPSA) is 122 Å². The van der Waals surface area contributed by atoms with Crippen molar-refractivity contribution >= 4 is 33.7 Å². The molecule has 2 heterocycles. The third kappa shape index (κ3) is 4.16. The van der Waals surface area contributed by atoms with E-state index in [1.807, 2.05) is 30.3 Å². The number of benzene rings is 2. The fraction of sp³-hybridized carbons (Fsp3) is 0.296. The fourth-order valence-electron chi connectivity index (χ4n) is 4.84. The standard InChI is InChI=1S/C27H26N2O6/c1-14-23(11-10-19-18-7-5-8-20(18)27(33)35-24(14)19)34-15(2)25(30)29-22(26(31)32)12-16-13-28-21-9-4-3-6-17(16)21/h3-4,6,9-11,13,15,22,28H,5,7-8,12H2,1-2H3,(H,29,30)(H,31,32). The van der Waals surface area contributed by atoms with Gasteiger partial charge in [0.2, 0.25) is 0 Å². The highest BCUT2D eigenvalue weighted by atomic mass is 16.5. The van der Waals surface area contributed by atoms with E-state index in [0.29, 0.717) is 16.9 Å². The molecule has 35 heavy (non-hydrogen) atoms. The van der Waals surface area contributed by atoms with Crippen molar-refractivity contribution in [1.82, 2.24) is 10.3 Å². The summed E-state index contributed by atoms with van der Waals surface area (Å²) in [5, 5.41) is 14.1. The lowest BCUT2D eigenvalue weighted by atomic mass is 10.0. The summed E-state index contributed by atoms with van der Waals surface area (Å²) in [6.45, 7) is 3.34. The number of amides is 1. The highest BCUT2D eigenvalue weighted by Gasteiger charge is 2.26. The number of carboxylic acid groups (broad SMARTS) is 1. The number of para-hydroxylation sites is 1. The van der Waals surface area contributed by atoms with Crippen LogP contribution in [0.4, 0.5) is 0 Å². The fourth-order valence-corrected chi connectivity index (χ4v) is 4.84. The van der Waals surface area contributed by atoms with Crippen LogP contribution in [0.2, 0.25) is 0 Å². The molecule has 2 aromatic heterocycles. The van der Waals surface area contributed by atoms with E-state index in [2.05, 4.69) is 10.3 Å². The number of aromatic nitrogens is 1. The van der Waals surface area contributed by atoms with E-state index in [1.54, 1.807) is 26.1 Å². The van der Waals surface area contributed by atoms with Crippen LogP contribution in [-0.2, 0) is 28.9 Å². The maximum absolute atomic E-state index is 12.9. The highest BCUT2D eigenvalue weighted by Crippen LogP contribution is 2.33. The van der Waals surface area contributed by atoms with Crippen molar-refractivity contribution in [2.75, 3.05) is 0 Å². The molecule has 0 aliphatic heterocycles. The molecular formula is C27H26N2O6. The summed E-state index contributed by atoms with van der Waals surface area (Å²) >= 11 is 0. The molecular weight excluding hydrogens is 448 g/mol. The van der Waals surface area contributed by atoms with E-state index < -0.39 is 24.0 Å². The van der Waals surface area contributed by atoms with E-state index >= 15 is 0 Å². The van der Waals surface area contributed by atoms with Gasteiger partial charge in [0, 0.05) is 40.0 Å². The third-order valence-electron chi connectivity index (χ3n) is 6.73. The molecule has 3 N–H and O–H groups in total. The molecule has 0 radical (unpaired) electrons. The smallest absolute Gasteiger partial charge is 0.339 e. The number of ether oxygens (including phenoxy) is 1. The average Bonchev–Trinajstić information content (AvgIpc) is 3.49. The molecule has 0 bridgehead atoms. The van der Waals surface area contributed by atoms with Crippen molar-refractivity contribution in [1.29, 1.82) is 0 Å². The van der Waals surface area contributed by atoms with Crippen LogP contribution in [0.5, 0.6) is 5.75 Å². The summed E-state index contributed by atoms with van der Waals surface area (Å²) in [4.78, 5) is 40.3. The Kier molecular flexibility index (Phi) is 5.80. The molecule has 8 heteroatoms. The Morgan fingerprint density at radius 1 is 1.14 bits per heavy atom. The SMILES string of the molecule is Cc1c(OC(C)C(=O)NC(Cc2c[nH]c3ccccc23)C(=O)O)ccc2c3c(c(=O)oc12)CCC3. The lowest BCUT2D eigenvalue weighted by Crippen LogP contribution is -2.47. The lowest BCUT2D eigenvalue weighted by Gasteiger charge is -2.20. The van der Waals surface area contributed by atoms with Gasteiger partial charge < -0.3 is 24.6 Å². The van der Waals surface area contributed by atoms with E-state index in [9.17, 15) is 19.5 Å². The first-order chi connectivity index (χ1) is 16.8. The summed E-state index contributed by atoms with van der Waals surface area (Å²) < 4.78 is 11.5. The number of aryl methyl sites for hydroxylation is 2. The zero-order chi connectivity index (χ0) is 24.7. The minimum atomic E-state index is -1.13. The average molecular weight is 475 g/mol. The molecule has 8 nitrogen and oxygen atoms in total. The first-order valence-electron chi connectivity index (χ1n) is 11.7. The predicted molar refractivity (Wildman–Crippen MR) is 131 cm³/mol. The number of hydrogen-bond acceptors (Lipinski definition) is 5. The summed E-state index contributed by atoms with van der Waals surface area (Å²) in [7, 11) is 0. The lowest BCUT2D eigenvalue weighted by molar-refractivity contribution is -0.142. The number of aromatic amines is 1. The second kappa shape index (κ2) is 8.94. The van der Waals surface area contributed by atoms with E-state index in [4.69, 9.17) is 9.15 Å². The Balaban J connectivity index is 1.33. The molecule has 0 spiro atoms. The number of nitrogens with one attached hydrogen (secondary N) is 2. The predicted octanol–water partition coefficient (Wildman–Crippen LogP) is 3.65. The maximum atomic E-state index is 12.9. The van der Waals surface area contributed by atoms with Crippen molar-refractivity contribution in [2.45, 2.75) is 51.7 Å². The molecule has 1 amide bonds. The molecule has 1 aliphatic rings. The number of aliphatic carboxylic acids is 1. The zero-order valence-corrected chi connectivity index (χ0v) is 19.5. The summed E-state index contributed by atoms with van der Waals surface area (Å²) in [6.07, 6.45) is 3.42. The van der Waals surface area contributed by atoms with Gasteiger partial charge in [-0.1, -0.05) is 18.2 Å². The van der Waals surface area contributed by atoms with Crippen LogP contribution >= 0.6 is 0 Å². The van der Waals surface area contributed by atoms with Crippen LogP contribution in [0, 0.1) is 6.92 Å². The van der Waals surface area contributed by atoms with Crippen LogP contribution < -0.4 is 15.7 Å². The summed E-state index contributed by atoms with van der Waals surface area (Å²) in [5.74, 6) is -1.27. The molecule has 0 saturated carbocycles. The molecule has 2 aromatic carbocycles. The van der Waals surface area contributed by atoms with Gasteiger partial charge in [-0.05, 0) is 62.4 Å². The van der Waals surface area contributed by atoms with Gasteiger partial charge in [0.15, 0.2) is 6.10 Å². The normalized spacial score (nSPS) is 14.6. The van der Waals surface area contributed by atoms with Gasteiger partial charge in [0.05, 0.1) is 0 Å². The number of carbonyl (C=O) groups excluding carboxylic acids is 1. The van der Waals surface area contributed by atoms with Gasteiger partial charge in [-0.3, -0.25) is 4.79 Å². The second-order valence-electron chi connectivity index (χ2n) is 8.99. The van der Waals surface area contributed by atoms with Crippen LogP contribution in [-0.4, -0.2) is 34.1 Å². The maximum Gasteiger partial charge on any atom is 0.339 e. The first kappa shape index (κ1) is 22.7. The first-order valence-corrected chi connectivity index (χ1v) is 11.7. The molecule has 1 aliphatic carbocycles. The Hall–Kier alpha value is -4.07. The van der Waals surface area contributed by atoms with Crippen molar-refractivity contribution in [3.05, 3.63) is 75.3 Å². The van der Waals surface area contributed by atoms with Crippen LogP contribution in [0.25, 0.3) is 21.9 Å². The quantitative estimate of drug-likeness (QED) is 0.352. The molecule has 0 saturated heterocycles. The summed E-state index contributed by atoms with van der Waals surface area (Å²) in [6, 6.07) is 10.1. The highest BCUT2D eigenvalue weighted by molar-refractivity contribution is 5.89. The monoisotopic (exact) mass is 474 g/mol. The largest absolute Gasteiger partial charge is 0.480 e. The summed E-state index contributed by atoms with van der Waals surface area (Å²) in [5.41, 5.74) is 4.24. The Morgan fingerprint density at radius 3 is 2.71 bits per heavy atom. The van der Waals surface area contributed by atoms with Gasteiger partial charge in [-0.15, -0.1) is 0 Å². The Bertz CT molecular complexity index is 1520. The Morgan fingerprint density at radius 2 is 1.91 bits per heavy atom. The van der Waals surface area contributed by atoms with Crippen LogP contribution in [0.15, 0.2) is 51.8 Å². The number of carbonyl (C=O) groups is 2. The molecule has 2 atom stereocenters. The molecule has 180 valence electrons. The van der Waals surface area contributed by atoms with Gasteiger partial charge >= 0.3 is 11.6 Å². The van der Waals surface area contributed by atoms with Crippen LogP contribution in [0.1, 0.15) is 35.6 Å². The number of hydrogen-bond donors (Lipinski definition) is 3. The van der Waals surface area contributed by atoms with Gasteiger partial charge in [0.1, 0.15) is 17.4 Å². The molecule has 2 unspecified atom stereocenters. The van der Waals surface area contributed by atoms with E-state index in [1.165, 1.54) is 0 Å². The van der Waals surface area contributed by atoms with Gasteiger partial charge in [-0.2, -0.15) is 0 Å². The molecule has 5 rings (SSSR count). The van der Waals surface area contributed by atoms with E-state index in [0.717, 1.165) is 52.2 Å². The number of carboxylic acids is 1. The van der Waals surface area contributed by atoms with Crippen molar-refractivity contribution in [3.63, 3.8) is 0 Å². The van der Waals surface area contributed by atoms with Crippen LogP contribution in [0.3, 0.4) is 0 Å². The second-order valence-corrected chi connectivity index (χ2v) is 8.99. The van der Waals surface area contributed by atoms with E-state index in [-0.39, 0.29) is 12.0 Å². The molecule has 0 fully saturated rings. The van der Waals surface area contributed by atoms with Crippen molar-refractivity contribution in [3.8, 4) is 5.75 Å². The third-order valence-corrected chi connectivity index (χ3v) is 6.73. The minimum absolute atomic E-state index is 0.128. The van der Waals surface area contributed by atoms with Crippen molar-refractivity contribution in [2.24, 2.45) is 0 Å². The van der Waals surface area contributed by atoms with Gasteiger partial charge in [-0.25, -0.2) is 9.59 Å². The van der Waals surface area contributed by atoms with Crippen molar-refractivity contribution < 1.29 is 23.8 Å².